The first-order chi connectivity index (χ1) is 8.04. The Morgan fingerprint density at radius 2 is 2.18 bits per heavy atom. The number of aliphatic carboxylic acids is 1. The number of carboxylic acid groups (broad SMARTS) is 1. The Kier molecular flexibility index (Phi) is 4.78. The average molecular weight is 258 g/mol. The van der Waals surface area contributed by atoms with Gasteiger partial charge in [-0.1, -0.05) is 17.7 Å². The van der Waals surface area contributed by atoms with Gasteiger partial charge in [0, 0.05) is 11.6 Å². The lowest BCUT2D eigenvalue weighted by Crippen LogP contribution is -2.32. The van der Waals surface area contributed by atoms with Gasteiger partial charge in [0.15, 0.2) is 0 Å². The number of hydrogen-bond acceptors (Lipinski definition) is 3. The van der Waals surface area contributed by atoms with E-state index in [9.17, 15) is 9.59 Å². The fraction of sp³-hybridized carbons (Fsp3) is 0.273. The van der Waals surface area contributed by atoms with Gasteiger partial charge in [-0.3, -0.25) is 4.79 Å². The molecule has 0 saturated carbocycles. The van der Waals surface area contributed by atoms with E-state index in [0.717, 1.165) is 5.56 Å². The number of carbonyl (C=O) groups is 2. The van der Waals surface area contributed by atoms with Gasteiger partial charge in [0.05, 0.1) is 7.11 Å². The Labute approximate surface area is 103 Å². The summed E-state index contributed by atoms with van der Waals surface area (Å²) >= 11 is 5.98. The smallest absolute Gasteiger partial charge is 0.394 e. The van der Waals surface area contributed by atoms with E-state index in [1.54, 1.807) is 25.3 Å². The molecule has 0 aliphatic carbocycles. The molecule has 0 bridgehead atoms. The Bertz CT molecular complexity index is 433. The van der Waals surface area contributed by atoms with Crippen molar-refractivity contribution in [2.75, 3.05) is 13.7 Å². The number of benzene rings is 1. The summed E-state index contributed by atoms with van der Waals surface area (Å²) in [6.45, 7) is 0.219. The fourth-order valence-corrected chi connectivity index (χ4v) is 1.51. The van der Waals surface area contributed by atoms with Gasteiger partial charge in [0.2, 0.25) is 0 Å². The summed E-state index contributed by atoms with van der Waals surface area (Å²) in [6.07, 6.45) is 0.460. The van der Waals surface area contributed by atoms with Gasteiger partial charge in [-0.15, -0.1) is 0 Å². The molecule has 0 radical (unpaired) electrons. The lowest BCUT2D eigenvalue weighted by atomic mass is 10.1. The molecule has 0 unspecified atom stereocenters. The molecule has 0 aliphatic heterocycles. The van der Waals surface area contributed by atoms with Crippen molar-refractivity contribution >= 4 is 23.5 Å². The third-order valence-corrected chi connectivity index (χ3v) is 2.49. The number of carboxylic acids is 1. The number of nitrogens with one attached hydrogen (secondary N) is 1. The number of carbonyl (C=O) groups excluding carboxylic acids is 1. The maximum absolute atomic E-state index is 10.8. The number of ether oxygens (including phenoxy) is 1. The van der Waals surface area contributed by atoms with Crippen LogP contribution in [0.5, 0.6) is 5.75 Å². The van der Waals surface area contributed by atoms with Crippen LogP contribution >= 0.6 is 11.6 Å². The van der Waals surface area contributed by atoms with Crippen molar-refractivity contribution in [1.82, 2.24) is 5.32 Å². The molecule has 1 aromatic carbocycles. The van der Waals surface area contributed by atoms with E-state index in [0.29, 0.717) is 17.2 Å². The first-order valence-electron chi connectivity index (χ1n) is 4.88. The molecule has 5 nitrogen and oxygen atoms in total. The van der Waals surface area contributed by atoms with Gasteiger partial charge >= 0.3 is 11.9 Å². The fourth-order valence-electron chi connectivity index (χ4n) is 1.24. The number of amides is 1. The van der Waals surface area contributed by atoms with E-state index in [4.69, 9.17) is 21.4 Å². The molecule has 6 heteroatoms. The molecule has 92 valence electrons. The molecule has 1 aromatic rings. The molecule has 0 spiro atoms. The van der Waals surface area contributed by atoms with Crippen LogP contribution in [0, 0.1) is 0 Å². The Morgan fingerprint density at radius 3 is 2.71 bits per heavy atom. The van der Waals surface area contributed by atoms with Crippen LogP contribution in [0.4, 0.5) is 0 Å². The lowest BCUT2D eigenvalue weighted by Gasteiger charge is -2.06. The second-order valence-electron chi connectivity index (χ2n) is 3.27. The highest BCUT2D eigenvalue weighted by Crippen LogP contribution is 2.22. The topological polar surface area (TPSA) is 75.6 Å². The number of methoxy groups -OCH3 is 1. The average Bonchev–Trinajstić information content (AvgIpc) is 2.30. The molecule has 1 rings (SSSR count). The molecule has 0 aromatic heterocycles. The summed E-state index contributed by atoms with van der Waals surface area (Å²) in [6, 6.07) is 5.18. The van der Waals surface area contributed by atoms with Crippen molar-refractivity contribution < 1.29 is 19.4 Å². The van der Waals surface area contributed by atoms with Crippen LogP contribution in [0.1, 0.15) is 5.56 Å². The third-order valence-electron chi connectivity index (χ3n) is 2.13. The summed E-state index contributed by atoms with van der Waals surface area (Å²) in [5.74, 6) is -1.87. The third kappa shape index (κ3) is 3.96. The number of rotatable bonds is 4. The van der Waals surface area contributed by atoms with E-state index >= 15 is 0 Å². The molecule has 17 heavy (non-hydrogen) atoms. The van der Waals surface area contributed by atoms with Crippen molar-refractivity contribution in [3.63, 3.8) is 0 Å². The van der Waals surface area contributed by atoms with Crippen LogP contribution in [0.3, 0.4) is 0 Å². The Morgan fingerprint density at radius 1 is 1.47 bits per heavy atom. The zero-order valence-electron chi connectivity index (χ0n) is 9.20. The summed E-state index contributed by atoms with van der Waals surface area (Å²) in [5.41, 5.74) is 0.818. The largest absolute Gasteiger partial charge is 0.497 e. The van der Waals surface area contributed by atoms with Gasteiger partial charge in [0.1, 0.15) is 5.75 Å². The minimum absolute atomic E-state index is 0.219. The zero-order chi connectivity index (χ0) is 12.8. The molecule has 0 aliphatic rings. The highest BCUT2D eigenvalue weighted by atomic mass is 35.5. The highest BCUT2D eigenvalue weighted by molar-refractivity contribution is 6.32. The van der Waals surface area contributed by atoms with Gasteiger partial charge in [-0.05, 0) is 24.1 Å². The maximum Gasteiger partial charge on any atom is 0.394 e. The van der Waals surface area contributed by atoms with Crippen molar-refractivity contribution in [1.29, 1.82) is 0 Å². The van der Waals surface area contributed by atoms with Crippen LogP contribution in [0.2, 0.25) is 5.02 Å². The standard InChI is InChI=1S/C11H12ClNO4/c1-17-8-3-2-7(9(12)6-8)4-5-13-10(14)11(15)16/h2-3,6H,4-5H2,1H3,(H,13,14)(H,15,16). The van der Waals surface area contributed by atoms with E-state index in [1.807, 2.05) is 0 Å². The first-order valence-corrected chi connectivity index (χ1v) is 5.26. The second kappa shape index (κ2) is 6.10. The second-order valence-corrected chi connectivity index (χ2v) is 3.68. The van der Waals surface area contributed by atoms with Crippen LogP contribution in [0.15, 0.2) is 18.2 Å². The predicted molar refractivity (Wildman–Crippen MR) is 62.4 cm³/mol. The molecule has 0 saturated heterocycles. The molecule has 0 heterocycles. The highest BCUT2D eigenvalue weighted by Gasteiger charge is 2.10. The van der Waals surface area contributed by atoms with Crippen molar-refractivity contribution in [3.8, 4) is 5.75 Å². The van der Waals surface area contributed by atoms with E-state index in [2.05, 4.69) is 5.32 Å². The number of hydrogen-bond donors (Lipinski definition) is 2. The van der Waals surface area contributed by atoms with Gasteiger partial charge in [-0.2, -0.15) is 0 Å². The summed E-state index contributed by atoms with van der Waals surface area (Å²) < 4.78 is 4.99. The van der Waals surface area contributed by atoms with E-state index in [1.165, 1.54) is 0 Å². The van der Waals surface area contributed by atoms with E-state index in [-0.39, 0.29) is 6.54 Å². The SMILES string of the molecule is COc1ccc(CCNC(=O)C(=O)O)c(Cl)c1. The predicted octanol–water partition coefficient (Wildman–Crippen LogP) is 1.09. The summed E-state index contributed by atoms with van der Waals surface area (Å²) in [7, 11) is 1.54. The molecular weight excluding hydrogens is 246 g/mol. The maximum atomic E-state index is 10.8. The van der Waals surface area contributed by atoms with Crippen molar-refractivity contribution in [2.45, 2.75) is 6.42 Å². The van der Waals surface area contributed by atoms with Crippen LogP contribution in [-0.4, -0.2) is 30.6 Å². The molecule has 2 N–H and O–H groups in total. The van der Waals surface area contributed by atoms with Crippen LogP contribution in [0.25, 0.3) is 0 Å². The van der Waals surface area contributed by atoms with Gasteiger partial charge < -0.3 is 15.2 Å². The van der Waals surface area contributed by atoms with Crippen molar-refractivity contribution in [2.24, 2.45) is 0 Å². The minimum Gasteiger partial charge on any atom is -0.497 e. The Balaban J connectivity index is 2.52. The summed E-state index contributed by atoms with van der Waals surface area (Å²) in [4.78, 5) is 21.0. The Hall–Kier alpha value is -1.75. The van der Waals surface area contributed by atoms with Crippen LogP contribution < -0.4 is 10.1 Å². The van der Waals surface area contributed by atoms with Gasteiger partial charge in [-0.25, -0.2) is 4.79 Å². The molecule has 1 amide bonds. The monoisotopic (exact) mass is 257 g/mol. The summed E-state index contributed by atoms with van der Waals surface area (Å²) in [5, 5.41) is 11.1. The molecule has 0 atom stereocenters. The van der Waals surface area contributed by atoms with Crippen molar-refractivity contribution in [3.05, 3.63) is 28.8 Å². The van der Waals surface area contributed by atoms with E-state index < -0.39 is 11.9 Å². The normalized spacial score (nSPS) is 9.76. The lowest BCUT2D eigenvalue weighted by molar-refractivity contribution is -0.150. The van der Waals surface area contributed by atoms with Crippen LogP contribution in [-0.2, 0) is 16.0 Å². The zero-order valence-corrected chi connectivity index (χ0v) is 9.95. The first kappa shape index (κ1) is 13.3. The molecule has 0 fully saturated rings. The number of halogens is 1. The quantitative estimate of drug-likeness (QED) is 0.792. The van der Waals surface area contributed by atoms with Gasteiger partial charge in [0.25, 0.3) is 0 Å². The molecular formula is C11H12ClNO4. The minimum atomic E-state index is -1.49.